The van der Waals surface area contributed by atoms with E-state index in [0.717, 1.165) is 0 Å². The van der Waals surface area contributed by atoms with E-state index in [2.05, 4.69) is 9.97 Å². The molecule has 0 amide bonds. The first-order chi connectivity index (χ1) is 22.2. The molecule has 0 aliphatic heterocycles. The third kappa shape index (κ3) is 5.02. The maximum absolute atomic E-state index is 13.9. The molecule has 0 spiro atoms. The number of sulfonamides is 1. The molecule has 0 saturated heterocycles. The average Bonchev–Trinajstić information content (AvgIpc) is 3.69. The van der Waals surface area contributed by atoms with Gasteiger partial charge in [-0.25, -0.2) is 17.8 Å². The summed E-state index contributed by atoms with van der Waals surface area (Å²) in [6.07, 6.45) is 1.83. The van der Waals surface area contributed by atoms with Crippen LogP contribution in [0.15, 0.2) is 123 Å². The Morgan fingerprint density at radius 3 is 2.33 bits per heavy atom. The maximum atomic E-state index is 13.9. The number of hydrogen-bond donors (Lipinski definition) is 0. The second kappa shape index (κ2) is 11.4. The predicted octanol–water partition coefficient (Wildman–Crippen LogP) is 8.53. The van der Waals surface area contributed by atoms with Crippen molar-refractivity contribution < 1.29 is 26.4 Å². The molecule has 3 heterocycles. The Bertz CT molecular complexity index is 2330. The Hall–Kier alpha value is -5.61. The molecule has 0 atom stereocenters. The lowest BCUT2D eigenvalue weighted by molar-refractivity contribution is 0.0989. The number of hydrogen-bond acceptors (Lipinski definition) is 7. The van der Waals surface area contributed by atoms with Crippen LogP contribution in [0.1, 0.15) is 23.7 Å². The predicted molar refractivity (Wildman–Crippen MR) is 174 cm³/mol. The van der Waals surface area contributed by atoms with E-state index in [-0.39, 0.29) is 22.9 Å². The molecule has 7 aromatic rings. The van der Waals surface area contributed by atoms with E-state index in [1.54, 1.807) is 67.7 Å². The quantitative estimate of drug-likeness (QED) is 0.155. The molecular formula is C36H26FN3O5S. The summed E-state index contributed by atoms with van der Waals surface area (Å²) in [5.41, 5.74) is 4.33. The molecule has 3 aromatic heterocycles. The summed E-state index contributed by atoms with van der Waals surface area (Å²) >= 11 is 0. The molecule has 10 heteroatoms. The Labute approximate surface area is 263 Å². The second-order valence-electron chi connectivity index (χ2n) is 10.7. The summed E-state index contributed by atoms with van der Waals surface area (Å²) in [7, 11) is -2.53. The number of carbonyl (C=O) groups excluding carboxylic acids is 1. The van der Waals surface area contributed by atoms with Gasteiger partial charge in [-0.2, -0.15) is 4.98 Å². The van der Waals surface area contributed by atoms with Gasteiger partial charge in [0.1, 0.15) is 17.2 Å². The SMILES string of the molecule is CCC(=O)c1c(-c2ccc(F)cc2)oc2cc(N(C)S(=O)(=O)c3ccccc3)c(-c3cccc(-c4nc5ncccc5o4)c3)cc12. The lowest BCUT2D eigenvalue weighted by Gasteiger charge is -2.23. The molecule has 0 fully saturated rings. The van der Waals surface area contributed by atoms with Crippen LogP contribution in [-0.4, -0.2) is 31.2 Å². The zero-order chi connectivity index (χ0) is 32.0. The fourth-order valence-corrected chi connectivity index (χ4v) is 6.70. The number of fused-ring (bicyclic) bond motifs is 2. The van der Waals surface area contributed by atoms with Gasteiger partial charge in [-0.1, -0.05) is 37.3 Å². The van der Waals surface area contributed by atoms with Crippen molar-refractivity contribution in [3.05, 3.63) is 121 Å². The minimum atomic E-state index is -4.01. The largest absolute Gasteiger partial charge is 0.455 e. The van der Waals surface area contributed by atoms with Crippen molar-refractivity contribution in [2.24, 2.45) is 0 Å². The van der Waals surface area contributed by atoms with Crippen LogP contribution in [0.2, 0.25) is 0 Å². The summed E-state index contributed by atoms with van der Waals surface area (Å²) < 4.78 is 55.0. The lowest BCUT2D eigenvalue weighted by atomic mass is 9.95. The highest BCUT2D eigenvalue weighted by molar-refractivity contribution is 7.92. The van der Waals surface area contributed by atoms with Crippen molar-refractivity contribution in [3.8, 4) is 33.9 Å². The number of benzene rings is 4. The third-order valence-electron chi connectivity index (χ3n) is 7.84. The van der Waals surface area contributed by atoms with E-state index in [1.807, 2.05) is 24.3 Å². The summed E-state index contributed by atoms with van der Waals surface area (Å²) in [6.45, 7) is 1.75. The highest BCUT2D eigenvalue weighted by Crippen LogP contribution is 2.43. The van der Waals surface area contributed by atoms with Gasteiger partial charge < -0.3 is 8.83 Å². The van der Waals surface area contributed by atoms with Gasteiger partial charge in [0, 0.05) is 47.8 Å². The number of aromatic nitrogens is 2. The van der Waals surface area contributed by atoms with E-state index in [0.29, 0.717) is 61.6 Å². The van der Waals surface area contributed by atoms with Crippen LogP contribution in [0.5, 0.6) is 0 Å². The van der Waals surface area contributed by atoms with Crippen molar-refractivity contribution in [3.63, 3.8) is 0 Å². The Morgan fingerprint density at radius 2 is 1.59 bits per heavy atom. The minimum absolute atomic E-state index is 0.115. The van der Waals surface area contributed by atoms with Gasteiger partial charge in [-0.05, 0) is 72.3 Å². The normalized spacial score (nSPS) is 11.7. The molecule has 7 rings (SSSR count). The van der Waals surface area contributed by atoms with Gasteiger partial charge in [0.25, 0.3) is 10.0 Å². The van der Waals surface area contributed by atoms with Gasteiger partial charge in [0.15, 0.2) is 17.0 Å². The van der Waals surface area contributed by atoms with E-state index in [9.17, 15) is 17.6 Å². The van der Waals surface area contributed by atoms with Crippen molar-refractivity contribution in [1.82, 2.24) is 9.97 Å². The first-order valence-corrected chi connectivity index (χ1v) is 15.9. The number of nitrogens with zero attached hydrogens (tertiary/aromatic N) is 3. The standard InChI is InChI=1S/C36H26FN3O5S/c1-3-30(41)33-28-20-27(23-9-7-10-24(19-23)36-39-35-31(45-36)13-8-18-38-35)29(40(2)46(42,43)26-11-5-4-6-12-26)21-32(28)44-34(33)22-14-16-25(37)17-15-22/h4-21H,3H2,1-2H3. The third-order valence-corrected chi connectivity index (χ3v) is 9.62. The highest BCUT2D eigenvalue weighted by atomic mass is 32.2. The molecule has 46 heavy (non-hydrogen) atoms. The van der Waals surface area contributed by atoms with E-state index >= 15 is 0 Å². The van der Waals surface area contributed by atoms with Crippen LogP contribution in [-0.2, 0) is 10.0 Å². The van der Waals surface area contributed by atoms with Crippen LogP contribution >= 0.6 is 0 Å². The van der Waals surface area contributed by atoms with Crippen LogP contribution in [0.4, 0.5) is 10.1 Å². The summed E-state index contributed by atoms with van der Waals surface area (Å²) in [5.74, 6) is 0.0448. The van der Waals surface area contributed by atoms with Crippen molar-refractivity contribution in [2.45, 2.75) is 18.2 Å². The van der Waals surface area contributed by atoms with E-state index in [4.69, 9.17) is 8.83 Å². The molecule has 0 aliphatic carbocycles. The van der Waals surface area contributed by atoms with Crippen LogP contribution < -0.4 is 4.31 Å². The monoisotopic (exact) mass is 631 g/mol. The lowest BCUT2D eigenvalue weighted by Crippen LogP contribution is -2.27. The number of oxazole rings is 1. The number of Topliss-reactive ketones (excluding diaryl/α,β-unsaturated/α-hetero) is 1. The molecule has 8 nitrogen and oxygen atoms in total. The summed E-state index contributed by atoms with van der Waals surface area (Å²) in [4.78, 5) is 22.3. The van der Waals surface area contributed by atoms with Gasteiger partial charge in [0.2, 0.25) is 5.89 Å². The fraction of sp³-hybridized carbons (Fsp3) is 0.0833. The van der Waals surface area contributed by atoms with Gasteiger partial charge in [0.05, 0.1) is 16.1 Å². The summed E-state index contributed by atoms with van der Waals surface area (Å²) in [5, 5.41) is 0.506. The first-order valence-electron chi connectivity index (χ1n) is 14.5. The average molecular weight is 632 g/mol. The van der Waals surface area contributed by atoms with Crippen LogP contribution in [0.3, 0.4) is 0 Å². The van der Waals surface area contributed by atoms with Crippen molar-refractivity contribution in [1.29, 1.82) is 0 Å². The number of rotatable bonds is 8. The Morgan fingerprint density at radius 1 is 0.826 bits per heavy atom. The molecule has 228 valence electrons. The zero-order valence-corrected chi connectivity index (χ0v) is 25.6. The number of furan rings is 1. The maximum Gasteiger partial charge on any atom is 0.264 e. The Kier molecular flexibility index (Phi) is 7.21. The number of anilines is 1. The zero-order valence-electron chi connectivity index (χ0n) is 24.8. The molecular weight excluding hydrogens is 605 g/mol. The van der Waals surface area contributed by atoms with Crippen LogP contribution in [0.25, 0.3) is 56.1 Å². The van der Waals surface area contributed by atoms with Crippen LogP contribution in [0, 0.1) is 5.82 Å². The number of carbonyl (C=O) groups is 1. The molecule has 0 saturated carbocycles. The number of halogens is 1. The van der Waals surface area contributed by atoms with E-state index < -0.39 is 15.8 Å². The molecule has 0 radical (unpaired) electrons. The minimum Gasteiger partial charge on any atom is -0.455 e. The molecule has 0 bridgehead atoms. The van der Waals surface area contributed by atoms with Crippen molar-refractivity contribution in [2.75, 3.05) is 11.4 Å². The molecule has 4 aromatic carbocycles. The highest BCUT2D eigenvalue weighted by Gasteiger charge is 2.28. The summed E-state index contributed by atoms with van der Waals surface area (Å²) in [6, 6.07) is 28.1. The molecule has 0 unspecified atom stereocenters. The Balaban J connectivity index is 1.48. The van der Waals surface area contributed by atoms with Gasteiger partial charge in [-0.15, -0.1) is 0 Å². The topological polar surface area (TPSA) is 107 Å². The first kappa shape index (κ1) is 29.1. The number of ketones is 1. The fourth-order valence-electron chi connectivity index (χ4n) is 5.47. The van der Waals surface area contributed by atoms with Gasteiger partial charge in [-0.3, -0.25) is 9.10 Å². The van der Waals surface area contributed by atoms with E-state index in [1.165, 1.54) is 35.6 Å². The number of pyridine rings is 1. The van der Waals surface area contributed by atoms with Crippen molar-refractivity contribution >= 4 is 43.7 Å². The smallest absolute Gasteiger partial charge is 0.264 e. The molecule has 0 aliphatic rings. The molecule has 0 N–H and O–H groups in total. The van der Waals surface area contributed by atoms with Gasteiger partial charge >= 0.3 is 0 Å². The second-order valence-corrected chi connectivity index (χ2v) is 12.6.